The molecule has 0 radical (unpaired) electrons. The van der Waals surface area contributed by atoms with Crippen molar-refractivity contribution >= 4 is 27.7 Å². The number of hydrogen-bond acceptors (Lipinski definition) is 4. The summed E-state index contributed by atoms with van der Waals surface area (Å²) in [5.74, 6) is 0.0294. The fraction of sp³-hybridized carbons (Fsp3) is 0.158. The van der Waals surface area contributed by atoms with Gasteiger partial charge in [0, 0.05) is 4.47 Å². The highest BCUT2D eigenvalue weighted by Crippen LogP contribution is 2.22. The van der Waals surface area contributed by atoms with E-state index in [2.05, 4.69) is 33.4 Å². The molecule has 0 aliphatic rings. The van der Waals surface area contributed by atoms with Gasteiger partial charge in [-0.2, -0.15) is 0 Å². The Labute approximate surface area is 160 Å². The molecular formula is C19H19BrN2O4. The summed E-state index contributed by atoms with van der Waals surface area (Å²) < 4.78 is 11.8. The van der Waals surface area contributed by atoms with Gasteiger partial charge in [0.1, 0.15) is 18.1 Å². The van der Waals surface area contributed by atoms with Crippen molar-refractivity contribution in [3.63, 3.8) is 0 Å². The minimum Gasteiger partial charge on any atom is -0.489 e. The number of carbonyl (C=O) groups excluding carboxylic acids is 2. The molecule has 26 heavy (non-hydrogen) atoms. The molecule has 2 amide bonds. The predicted molar refractivity (Wildman–Crippen MR) is 102 cm³/mol. The number of nitrogens with one attached hydrogen (secondary N) is 2. The highest BCUT2D eigenvalue weighted by atomic mass is 79.9. The lowest BCUT2D eigenvalue weighted by Crippen LogP contribution is -2.44. The van der Waals surface area contributed by atoms with Crippen LogP contribution in [0.15, 0.2) is 59.6 Å². The third-order valence-electron chi connectivity index (χ3n) is 3.30. The third kappa shape index (κ3) is 5.63. The lowest BCUT2D eigenvalue weighted by Gasteiger charge is -2.12. The maximum absolute atomic E-state index is 12.2. The fourth-order valence-corrected chi connectivity index (χ4v) is 2.55. The minimum absolute atomic E-state index is 0.225. The quantitative estimate of drug-likeness (QED) is 0.534. The molecule has 0 fully saturated rings. The molecule has 0 aliphatic carbocycles. The zero-order chi connectivity index (χ0) is 18.9. The van der Waals surface area contributed by atoms with Crippen LogP contribution in [0.4, 0.5) is 0 Å². The van der Waals surface area contributed by atoms with Crippen LogP contribution in [0.25, 0.3) is 0 Å². The molecule has 0 aromatic heterocycles. The van der Waals surface area contributed by atoms with Crippen LogP contribution >= 0.6 is 15.9 Å². The Morgan fingerprint density at radius 1 is 1.12 bits per heavy atom. The normalized spacial score (nSPS) is 9.92. The number of carbonyl (C=O) groups is 2. The highest BCUT2D eigenvalue weighted by molar-refractivity contribution is 9.10. The van der Waals surface area contributed by atoms with E-state index in [0.717, 1.165) is 10.0 Å². The van der Waals surface area contributed by atoms with E-state index in [-0.39, 0.29) is 13.2 Å². The zero-order valence-electron chi connectivity index (χ0n) is 14.3. The van der Waals surface area contributed by atoms with Crippen molar-refractivity contribution in [1.29, 1.82) is 0 Å². The van der Waals surface area contributed by atoms with Gasteiger partial charge >= 0.3 is 0 Å². The van der Waals surface area contributed by atoms with E-state index in [1.807, 2.05) is 19.1 Å². The van der Waals surface area contributed by atoms with E-state index in [9.17, 15) is 9.59 Å². The van der Waals surface area contributed by atoms with Crippen molar-refractivity contribution in [1.82, 2.24) is 10.9 Å². The minimum atomic E-state index is -0.488. The molecule has 2 aromatic carbocycles. The molecule has 7 heteroatoms. The first-order valence-corrected chi connectivity index (χ1v) is 8.61. The maximum Gasteiger partial charge on any atom is 0.276 e. The van der Waals surface area contributed by atoms with Crippen molar-refractivity contribution < 1.29 is 19.1 Å². The summed E-state index contributed by atoms with van der Waals surface area (Å²) in [5, 5.41) is 0. The predicted octanol–water partition coefficient (Wildman–Crippen LogP) is 3.16. The second kappa shape index (κ2) is 9.62. The van der Waals surface area contributed by atoms with E-state index in [4.69, 9.17) is 9.47 Å². The Kier molecular flexibility index (Phi) is 7.23. The summed E-state index contributed by atoms with van der Waals surface area (Å²) in [5.41, 5.74) is 5.86. The Bertz CT molecular complexity index is 808. The van der Waals surface area contributed by atoms with E-state index in [1.165, 1.54) is 0 Å². The number of benzene rings is 2. The highest BCUT2D eigenvalue weighted by Gasteiger charge is 2.13. The molecule has 0 spiro atoms. The van der Waals surface area contributed by atoms with Crippen LogP contribution in [0.3, 0.4) is 0 Å². The van der Waals surface area contributed by atoms with Gasteiger partial charge in [-0.3, -0.25) is 20.4 Å². The second-order valence-electron chi connectivity index (χ2n) is 5.30. The molecule has 0 aliphatic heterocycles. The Morgan fingerprint density at radius 3 is 2.62 bits per heavy atom. The van der Waals surface area contributed by atoms with Crippen LogP contribution in [0.5, 0.6) is 11.5 Å². The van der Waals surface area contributed by atoms with Gasteiger partial charge < -0.3 is 9.47 Å². The van der Waals surface area contributed by atoms with Crippen molar-refractivity contribution in [2.75, 3.05) is 13.2 Å². The first-order chi connectivity index (χ1) is 12.5. The second-order valence-corrected chi connectivity index (χ2v) is 6.21. The van der Waals surface area contributed by atoms with Gasteiger partial charge in [0.15, 0.2) is 6.61 Å². The molecule has 2 rings (SSSR count). The topological polar surface area (TPSA) is 76.7 Å². The number of halogens is 1. The SMILES string of the molecule is C=CCOc1ccccc1C(=O)NNC(=O)COc1ccc(Br)cc1C. The number of rotatable bonds is 7. The van der Waals surface area contributed by atoms with Gasteiger partial charge in [0.05, 0.1) is 5.56 Å². The van der Waals surface area contributed by atoms with Gasteiger partial charge in [0.2, 0.25) is 0 Å². The summed E-state index contributed by atoms with van der Waals surface area (Å²) in [4.78, 5) is 24.1. The Balaban J connectivity index is 1.87. The average Bonchev–Trinajstić information content (AvgIpc) is 2.64. The van der Waals surface area contributed by atoms with E-state index >= 15 is 0 Å². The van der Waals surface area contributed by atoms with Gasteiger partial charge in [-0.1, -0.05) is 40.7 Å². The van der Waals surface area contributed by atoms with Gasteiger partial charge in [-0.15, -0.1) is 0 Å². The zero-order valence-corrected chi connectivity index (χ0v) is 15.8. The summed E-state index contributed by atoms with van der Waals surface area (Å²) >= 11 is 3.36. The van der Waals surface area contributed by atoms with E-state index in [1.54, 1.807) is 36.4 Å². The van der Waals surface area contributed by atoms with Crippen LogP contribution < -0.4 is 20.3 Å². The fourth-order valence-electron chi connectivity index (χ4n) is 2.08. The number of aryl methyl sites for hydroxylation is 1. The molecular weight excluding hydrogens is 400 g/mol. The number of para-hydroxylation sites is 1. The van der Waals surface area contributed by atoms with Crippen molar-refractivity contribution in [2.45, 2.75) is 6.92 Å². The van der Waals surface area contributed by atoms with Crippen LogP contribution in [0.1, 0.15) is 15.9 Å². The van der Waals surface area contributed by atoms with Gasteiger partial charge in [0.25, 0.3) is 11.8 Å². The van der Waals surface area contributed by atoms with Crippen LogP contribution in [0, 0.1) is 6.92 Å². The van der Waals surface area contributed by atoms with Crippen LogP contribution in [0.2, 0.25) is 0 Å². The smallest absolute Gasteiger partial charge is 0.276 e. The lowest BCUT2D eigenvalue weighted by molar-refractivity contribution is -0.123. The molecule has 2 aromatic rings. The van der Waals surface area contributed by atoms with Crippen molar-refractivity contribution in [3.8, 4) is 11.5 Å². The van der Waals surface area contributed by atoms with Crippen LogP contribution in [-0.2, 0) is 4.79 Å². The molecule has 136 valence electrons. The lowest BCUT2D eigenvalue weighted by atomic mass is 10.2. The Morgan fingerprint density at radius 2 is 1.88 bits per heavy atom. The molecule has 0 saturated carbocycles. The molecule has 2 N–H and O–H groups in total. The van der Waals surface area contributed by atoms with E-state index < -0.39 is 11.8 Å². The molecule has 0 heterocycles. The number of ether oxygens (including phenoxy) is 2. The van der Waals surface area contributed by atoms with Gasteiger partial charge in [-0.25, -0.2) is 0 Å². The number of hydrazine groups is 1. The third-order valence-corrected chi connectivity index (χ3v) is 3.79. The molecule has 0 saturated heterocycles. The molecule has 6 nitrogen and oxygen atoms in total. The largest absolute Gasteiger partial charge is 0.489 e. The first kappa shape index (κ1) is 19.5. The molecule has 0 atom stereocenters. The van der Waals surface area contributed by atoms with Crippen molar-refractivity contribution in [2.24, 2.45) is 0 Å². The van der Waals surface area contributed by atoms with Crippen LogP contribution in [-0.4, -0.2) is 25.0 Å². The molecule has 0 unspecified atom stereocenters. The first-order valence-electron chi connectivity index (χ1n) is 7.82. The summed E-state index contributed by atoms with van der Waals surface area (Å²) in [6.45, 7) is 5.49. The molecule has 0 bridgehead atoms. The number of hydrogen-bond donors (Lipinski definition) is 2. The summed E-state index contributed by atoms with van der Waals surface area (Å²) in [7, 11) is 0. The van der Waals surface area contributed by atoms with E-state index in [0.29, 0.717) is 17.1 Å². The number of amides is 2. The Hall–Kier alpha value is -2.80. The summed E-state index contributed by atoms with van der Waals surface area (Å²) in [6.07, 6.45) is 1.58. The monoisotopic (exact) mass is 418 g/mol. The van der Waals surface area contributed by atoms with Gasteiger partial charge in [-0.05, 0) is 42.8 Å². The standard InChI is InChI=1S/C19H19BrN2O4/c1-3-10-25-17-7-5-4-6-15(17)19(24)22-21-18(23)12-26-16-9-8-14(20)11-13(16)2/h3-9,11H,1,10,12H2,2H3,(H,21,23)(H,22,24). The summed E-state index contributed by atoms with van der Waals surface area (Å²) in [6, 6.07) is 12.2. The maximum atomic E-state index is 12.2. The average molecular weight is 419 g/mol. The van der Waals surface area contributed by atoms with Crippen molar-refractivity contribution in [3.05, 3.63) is 70.7 Å².